The van der Waals surface area contributed by atoms with Crippen LogP contribution < -0.4 is 4.74 Å². The minimum absolute atomic E-state index is 0.551. The molecule has 0 aliphatic carbocycles. The standard InChI is InChI=1S/C24H12BrClO2/c25-13-8-10-18(26)21(12-13)27-20-11-9-17-15-5-2-1-4-14(15)16-6-3-7-19-22(16)23(17)24(20)28-19/h1-12H. The van der Waals surface area contributed by atoms with Gasteiger partial charge in [-0.1, -0.05) is 63.9 Å². The van der Waals surface area contributed by atoms with E-state index in [2.05, 4.69) is 52.3 Å². The van der Waals surface area contributed by atoms with E-state index in [1.165, 1.54) is 16.2 Å². The summed E-state index contributed by atoms with van der Waals surface area (Å²) in [5.41, 5.74) is 1.60. The third-order valence-corrected chi connectivity index (χ3v) is 6.04. The quantitative estimate of drug-likeness (QED) is 0.248. The lowest BCUT2D eigenvalue weighted by Crippen LogP contribution is -1.87. The Bertz CT molecular complexity index is 1520. The molecule has 1 aromatic heterocycles. The van der Waals surface area contributed by atoms with Crippen LogP contribution in [0, 0.1) is 0 Å². The predicted molar refractivity (Wildman–Crippen MR) is 119 cm³/mol. The van der Waals surface area contributed by atoms with Gasteiger partial charge in [-0.2, -0.15) is 0 Å². The van der Waals surface area contributed by atoms with Gasteiger partial charge in [0.15, 0.2) is 11.3 Å². The Morgan fingerprint density at radius 3 is 2.29 bits per heavy atom. The maximum atomic E-state index is 6.33. The van der Waals surface area contributed by atoms with E-state index in [-0.39, 0.29) is 0 Å². The summed E-state index contributed by atoms with van der Waals surface area (Å²) in [6, 6.07) is 24.3. The number of benzene rings is 5. The molecule has 0 amide bonds. The average molecular weight is 448 g/mol. The molecule has 0 saturated heterocycles. The van der Waals surface area contributed by atoms with Crippen LogP contribution in [-0.4, -0.2) is 0 Å². The molecule has 0 aliphatic rings. The molecule has 1 heterocycles. The van der Waals surface area contributed by atoms with Crippen molar-refractivity contribution in [1.82, 2.24) is 0 Å². The third-order valence-electron chi connectivity index (χ3n) is 5.23. The number of rotatable bonds is 2. The van der Waals surface area contributed by atoms with Gasteiger partial charge in [-0.3, -0.25) is 0 Å². The van der Waals surface area contributed by atoms with E-state index in [1.54, 1.807) is 0 Å². The molecule has 2 nitrogen and oxygen atoms in total. The first-order valence-corrected chi connectivity index (χ1v) is 10.1. The Hall–Kier alpha value is -2.75. The molecule has 0 N–H and O–H groups in total. The monoisotopic (exact) mass is 446 g/mol. The number of furan rings is 1. The van der Waals surface area contributed by atoms with Crippen LogP contribution in [0.5, 0.6) is 11.5 Å². The zero-order chi connectivity index (χ0) is 18.8. The number of ether oxygens (including phenoxy) is 1. The molecule has 6 aromatic rings. The summed E-state index contributed by atoms with van der Waals surface area (Å²) in [6.07, 6.45) is 0. The number of fused-ring (bicyclic) bond motifs is 3. The van der Waals surface area contributed by atoms with E-state index in [0.29, 0.717) is 16.5 Å². The van der Waals surface area contributed by atoms with E-state index in [4.69, 9.17) is 20.8 Å². The Kier molecular flexibility index (Phi) is 3.40. The summed E-state index contributed by atoms with van der Waals surface area (Å²) in [7, 11) is 0. The molecule has 0 saturated carbocycles. The molecule has 6 rings (SSSR count). The fourth-order valence-corrected chi connectivity index (χ4v) is 4.55. The third kappa shape index (κ3) is 2.20. The summed E-state index contributed by atoms with van der Waals surface area (Å²) in [5, 5.41) is 7.57. The van der Waals surface area contributed by atoms with Gasteiger partial charge in [-0.15, -0.1) is 0 Å². The van der Waals surface area contributed by atoms with Crippen LogP contribution in [0.15, 0.2) is 81.7 Å². The fraction of sp³-hybridized carbons (Fsp3) is 0. The van der Waals surface area contributed by atoms with Crippen LogP contribution in [0.4, 0.5) is 0 Å². The van der Waals surface area contributed by atoms with Crippen molar-refractivity contribution in [2.45, 2.75) is 0 Å². The lowest BCUT2D eigenvalue weighted by Gasteiger charge is -2.11. The predicted octanol–water partition coefficient (Wildman–Crippen LogP) is 8.54. The van der Waals surface area contributed by atoms with E-state index in [9.17, 15) is 0 Å². The largest absolute Gasteiger partial charge is 0.452 e. The van der Waals surface area contributed by atoms with Crippen molar-refractivity contribution in [1.29, 1.82) is 0 Å². The van der Waals surface area contributed by atoms with Crippen LogP contribution in [0.25, 0.3) is 43.5 Å². The molecule has 4 heteroatoms. The van der Waals surface area contributed by atoms with E-state index >= 15 is 0 Å². The summed E-state index contributed by atoms with van der Waals surface area (Å²) in [4.78, 5) is 0. The molecule has 0 spiro atoms. The van der Waals surface area contributed by atoms with Crippen molar-refractivity contribution in [2.75, 3.05) is 0 Å². The van der Waals surface area contributed by atoms with E-state index < -0.39 is 0 Å². The highest BCUT2D eigenvalue weighted by molar-refractivity contribution is 9.10. The molecule has 0 unspecified atom stereocenters. The molecular weight excluding hydrogens is 436 g/mol. The van der Waals surface area contributed by atoms with Gasteiger partial charge in [0.1, 0.15) is 11.3 Å². The fourth-order valence-electron chi connectivity index (χ4n) is 4.05. The van der Waals surface area contributed by atoms with Gasteiger partial charge in [0.05, 0.1) is 5.02 Å². The topological polar surface area (TPSA) is 22.4 Å². The van der Waals surface area contributed by atoms with Crippen LogP contribution in [0.3, 0.4) is 0 Å². The molecule has 0 radical (unpaired) electrons. The van der Waals surface area contributed by atoms with Crippen molar-refractivity contribution in [2.24, 2.45) is 0 Å². The lowest BCUT2D eigenvalue weighted by atomic mass is 9.94. The highest BCUT2D eigenvalue weighted by atomic mass is 79.9. The second kappa shape index (κ2) is 5.87. The first-order valence-electron chi connectivity index (χ1n) is 8.91. The second-order valence-corrected chi connectivity index (χ2v) is 8.14. The highest BCUT2D eigenvalue weighted by Crippen LogP contribution is 2.46. The lowest BCUT2D eigenvalue weighted by molar-refractivity contribution is 0.476. The zero-order valence-corrected chi connectivity index (χ0v) is 16.8. The smallest absolute Gasteiger partial charge is 0.178 e. The minimum Gasteiger partial charge on any atom is -0.452 e. The molecule has 0 aliphatic heterocycles. The number of halogens is 2. The van der Waals surface area contributed by atoms with Gasteiger partial charge in [-0.25, -0.2) is 0 Å². The van der Waals surface area contributed by atoms with Crippen molar-refractivity contribution in [3.63, 3.8) is 0 Å². The summed E-state index contributed by atoms with van der Waals surface area (Å²) in [6.45, 7) is 0. The van der Waals surface area contributed by atoms with Crippen LogP contribution in [0.1, 0.15) is 0 Å². The van der Waals surface area contributed by atoms with Gasteiger partial charge in [-0.05, 0) is 57.9 Å². The molecule has 134 valence electrons. The maximum absolute atomic E-state index is 6.33. The summed E-state index contributed by atoms with van der Waals surface area (Å²) in [5.74, 6) is 1.24. The SMILES string of the molecule is Clc1ccc(Br)cc1Oc1ccc2c3ccccc3c3cccc4oc1c2c43. The van der Waals surface area contributed by atoms with Crippen molar-refractivity contribution >= 4 is 71.0 Å². The van der Waals surface area contributed by atoms with Crippen molar-refractivity contribution < 1.29 is 9.15 Å². The molecule has 28 heavy (non-hydrogen) atoms. The Morgan fingerprint density at radius 1 is 0.714 bits per heavy atom. The van der Waals surface area contributed by atoms with Crippen LogP contribution >= 0.6 is 27.5 Å². The summed E-state index contributed by atoms with van der Waals surface area (Å²) >= 11 is 9.81. The number of hydrogen-bond acceptors (Lipinski definition) is 2. The van der Waals surface area contributed by atoms with Gasteiger partial charge < -0.3 is 9.15 Å². The Morgan fingerprint density at radius 2 is 1.46 bits per heavy atom. The van der Waals surface area contributed by atoms with Gasteiger partial charge in [0.25, 0.3) is 0 Å². The molecule has 0 atom stereocenters. The Labute approximate surface area is 173 Å². The first-order chi connectivity index (χ1) is 13.7. The van der Waals surface area contributed by atoms with Gasteiger partial charge in [0, 0.05) is 15.2 Å². The Balaban J connectivity index is 1.72. The first kappa shape index (κ1) is 16.2. The second-order valence-electron chi connectivity index (χ2n) is 6.82. The zero-order valence-electron chi connectivity index (χ0n) is 14.5. The van der Waals surface area contributed by atoms with Crippen LogP contribution in [-0.2, 0) is 0 Å². The van der Waals surface area contributed by atoms with Crippen molar-refractivity contribution in [3.05, 3.63) is 82.3 Å². The van der Waals surface area contributed by atoms with E-state index in [1.807, 2.05) is 36.4 Å². The average Bonchev–Trinajstić information content (AvgIpc) is 3.11. The highest BCUT2D eigenvalue weighted by Gasteiger charge is 2.20. The minimum atomic E-state index is 0.551. The van der Waals surface area contributed by atoms with Crippen molar-refractivity contribution in [3.8, 4) is 11.5 Å². The van der Waals surface area contributed by atoms with Gasteiger partial charge in [0.2, 0.25) is 0 Å². The summed E-state index contributed by atoms with van der Waals surface area (Å²) < 4.78 is 13.4. The van der Waals surface area contributed by atoms with Crippen LogP contribution in [0.2, 0.25) is 5.02 Å². The maximum Gasteiger partial charge on any atom is 0.178 e. The molecule has 0 fully saturated rings. The molecular formula is C24H12BrClO2. The van der Waals surface area contributed by atoms with E-state index in [0.717, 1.165) is 31.8 Å². The molecule has 5 aromatic carbocycles. The number of hydrogen-bond donors (Lipinski definition) is 0. The molecule has 0 bridgehead atoms. The van der Waals surface area contributed by atoms with Gasteiger partial charge >= 0.3 is 0 Å². The normalized spacial score (nSPS) is 11.9.